The smallest absolute Gasteiger partial charge is 0.170 e. The van der Waals surface area contributed by atoms with Gasteiger partial charge < -0.3 is 13.6 Å². The summed E-state index contributed by atoms with van der Waals surface area (Å²) in [6.07, 6.45) is 0. The number of hydrogen-bond acceptors (Lipinski definition) is 4. The molecule has 0 unspecified atom stereocenters. The van der Waals surface area contributed by atoms with Crippen molar-refractivity contribution in [2.75, 3.05) is 0 Å². The minimum atomic E-state index is 0.514. The zero-order valence-electron chi connectivity index (χ0n) is 36.0. The number of furan rings is 1. The largest absolute Gasteiger partial charge is 0.455 e. The van der Waals surface area contributed by atoms with Crippen molar-refractivity contribution in [3.8, 4) is 56.7 Å². The molecule has 67 heavy (non-hydrogen) atoms. The molecule has 14 rings (SSSR count). The van der Waals surface area contributed by atoms with Crippen molar-refractivity contribution in [3.63, 3.8) is 0 Å². The highest BCUT2D eigenvalue weighted by Gasteiger charge is 2.25. The first-order valence-electron chi connectivity index (χ1n) is 22.6. The molecule has 10 aromatic carbocycles. The Hall–Kier alpha value is -9.13. The molecule has 0 aliphatic carbocycles. The predicted molar refractivity (Wildman–Crippen MR) is 275 cm³/mol. The molecule has 312 valence electrons. The van der Waals surface area contributed by atoms with E-state index < -0.39 is 0 Å². The van der Waals surface area contributed by atoms with Gasteiger partial charge in [-0.3, -0.25) is 0 Å². The maximum absolute atomic E-state index is 6.98. The summed E-state index contributed by atoms with van der Waals surface area (Å²) in [5, 5.41) is 9.05. The lowest BCUT2D eigenvalue weighted by molar-refractivity contribution is 0.669. The third-order valence-corrected chi connectivity index (χ3v) is 13.3. The Morgan fingerprint density at radius 3 is 1.66 bits per heavy atom. The molecule has 4 aromatic heterocycles. The standard InChI is InChI=1S/C61H37N5O/c1-3-16-38(17-4-1)39-20-15-21-42(34-39)59-62-60(43-30-31-47-45-24-9-12-27-51(45)65(54(47)37-43)44-22-5-2-6-23-44)64-61(63-59)57-53(33-32-49-48-26-11-14-29-56(48)67-58(49)57)66-52-28-13-10-25-46(52)50-35-40-18-7-8-19-41(40)36-55(50)66/h1-37H. The van der Waals surface area contributed by atoms with Crippen LogP contribution in [0.25, 0.3) is 133 Å². The molecule has 6 nitrogen and oxygen atoms in total. The number of benzene rings is 10. The van der Waals surface area contributed by atoms with Crippen molar-refractivity contribution in [3.05, 3.63) is 224 Å². The van der Waals surface area contributed by atoms with Crippen LogP contribution in [0.4, 0.5) is 0 Å². The van der Waals surface area contributed by atoms with E-state index in [-0.39, 0.29) is 0 Å². The fourth-order valence-corrected chi connectivity index (χ4v) is 10.3. The summed E-state index contributed by atoms with van der Waals surface area (Å²) in [6.45, 7) is 0. The van der Waals surface area contributed by atoms with Crippen molar-refractivity contribution >= 4 is 76.3 Å². The number of aromatic nitrogens is 5. The highest BCUT2D eigenvalue weighted by molar-refractivity contribution is 6.16. The molecular weight excluding hydrogens is 819 g/mol. The van der Waals surface area contributed by atoms with E-state index in [0.29, 0.717) is 23.1 Å². The summed E-state index contributed by atoms with van der Waals surface area (Å²) in [5.74, 6) is 1.64. The molecule has 14 aromatic rings. The highest BCUT2D eigenvalue weighted by atomic mass is 16.3. The van der Waals surface area contributed by atoms with Crippen molar-refractivity contribution in [2.45, 2.75) is 0 Å². The normalized spacial score (nSPS) is 11.9. The van der Waals surface area contributed by atoms with Crippen LogP contribution < -0.4 is 0 Å². The van der Waals surface area contributed by atoms with Gasteiger partial charge in [0, 0.05) is 49.1 Å². The highest BCUT2D eigenvalue weighted by Crippen LogP contribution is 2.44. The van der Waals surface area contributed by atoms with E-state index in [1.165, 1.54) is 16.2 Å². The van der Waals surface area contributed by atoms with Crippen LogP contribution in [0.2, 0.25) is 0 Å². The fourth-order valence-electron chi connectivity index (χ4n) is 10.3. The Morgan fingerprint density at radius 1 is 0.313 bits per heavy atom. The van der Waals surface area contributed by atoms with Crippen molar-refractivity contribution < 1.29 is 4.42 Å². The molecule has 0 spiro atoms. The van der Waals surface area contributed by atoms with Gasteiger partial charge in [0.05, 0.1) is 33.3 Å². The lowest BCUT2D eigenvalue weighted by Gasteiger charge is -2.16. The van der Waals surface area contributed by atoms with Gasteiger partial charge in [0.15, 0.2) is 17.5 Å². The molecule has 0 N–H and O–H groups in total. The average molecular weight is 856 g/mol. The predicted octanol–water partition coefficient (Wildman–Crippen LogP) is 15.8. The van der Waals surface area contributed by atoms with Crippen molar-refractivity contribution in [1.82, 2.24) is 24.1 Å². The van der Waals surface area contributed by atoms with E-state index in [9.17, 15) is 0 Å². The summed E-state index contributed by atoms with van der Waals surface area (Å²) in [7, 11) is 0. The van der Waals surface area contributed by atoms with Crippen LogP contribution in [-0.4, -0.2) is 24.1 Å². The maximum atomic E-state index is 6.98. The van der Waals surface area contributed by atoms with E-state index in [1.54, 1.807) is 0 Å². The van der Waals surface area contributed by atoms with E-state index in [1.807, 2.05) is 18.2 Å². The van der Waals surface area contributed by atoms with E-state index in [0.717, 1.165) is 93.8 Å². The number of fused-ring (bicyclic) bond motifs is 10. The number of rotatable bonds is 6. The molecule has 0 fully saturated rings. The number of nitrogens with zero attached hydrogens (tertiary/aromatic N) is 5. The van der Waals surface area contributed by atoms with Gasteiger partial charge in [-0.05, 0) is 88.6 Å². The average Bonchev–Trinajstić information content (AvgIpc) is 4.05. The second-order valence-corrected chi connectivity index (χ2v) is 17.2. The van der Waals surface area contributed by atoms with E-state index in [4.69, 9.17) is 19.4 Å². The van der Waals surface area contributed by atoms with Crippen LogP contribution in [-0.2, 0) is 0 Å². The van der Waals surface area contributed by atoms with E-state index in [2.05, 4.69) is 215 Å². The zero-order valence-corrected chi connectivity index (χ0v) is 36.0. The molecule has 0 atom stereocenters. The minimum Gasteiger partial charge on any atom is -0.455 e. The molecule has 0 radical (unpaired) electrons. The summed E-state index contributed by atoms with van der Waals surface area (Å²) >= 11 is 0. The van der Waals surface area contributed by atoms with Gasteiger partial charge in [-0.1, -0.05) is 158 Å². The molecule has 0 saturated heterocycles. The van der Waals surface area contributed by atoms with Crippen molar-refractivity contribution in [1.29, 1.82) is 0 Å². The summed E-state index contributed by atoms with van der Waals surface area (Å²) < 4.78 is 11.7. The Bertz CT molecular complexity index is 4280. The Labute approximate surface area is 384 Å². The first-order chi connectivity index (χ1) is 33.2. The van der Waals surface area contributed by atoms with Gasteiger partial charge in [-0.2, -0.15) is 0 Å². The van der Waals surface area contributed by atoms with Crippen LogP contribution in [0.5, 0.6) is 0 Å². The van der Waals surface area contributed by atoms with E-state index >= 15 is 0 Å². The summed E-state index contributed by atoms with van der Waals surface area (Å²) in [4.78, 5) is 16.4. The Balaban J connectivity index is 1.09. The third-order valence-electron chi connectivity index (χ3n) is 13.3. The molecule has 6 heteroatoms. The fraction of sp³-hybridized carbons (Fsp3) is 0. The Morgan fingerprint density at radius 2 is 0.866 bits per heavy atom. The second kappa shape index (κ2) is 14.7. The molecular formula is C61H37N5O. The first kappa shape index (κ1) is 37.3. The van der Waals surface area contributed by atoms with Crippen LogP contribution in [0.1, 0.15) is 0 Å². The number of para-hydroxylation sites is 4. The first-order valence-corrected chi connectivity index (χ1v) is 22.6. The van der Waals surface area contributed by atoms with Crippen molar-refractivity contribution in [2.24, 2.45) is 0 Å². The third kappa shape index (κ3) is 5.86. The molecule has 0 bridgehead atoms. The summed E-state index contributed by atoms with van der Waals surface area (Å²) in [5.41, 5.74) is 12.6. The maximum Gasteiger partial charge on any atom is 0.170 e. The zero-order chi connectivity index (χ0) is 44.0. The second-order valence-electron chi connectivity index (χ2n) is 17.2. The SMILES string of the molecule is c1ccc(-c2cccc(-c3nc(-c4ccc5c6ccccc6n(-c6ccccc6)c5c4)nc(-c4c(-n5c6ccccc6c6cc7ccccc7cc65)ccc5c4oc4ccccc45)n3)c2)cc1. The quantitative estimate of drug-likeness (QED) is 0.167. The van der Waals surface area contributed by atoms with Crippen LogP contribution in [0, 0.1) is 0 Å². The van der Waals surface area contributed by atoms with Crippen LogP contribution >= 0.6 is 0 Å². The molecule has 4 heterocycles. The van der Waals surface area contributed by atoms with Crippen LogP contribution in [0.15, 0.2) is 229 Å². The van der Waals surface area contributed by atoms with Crippen LogP contribution in [0.3, 0.4) is 0 Å². The van der Waals surface area contributed by atoms with Gasteiger partial charge >= 0.3 is 0 Å². The molecule has 0 amide bonds. The van der Waals surface area contributed by atoms with Gasteiger partial charge in [0.2, 0.25) is 0 Å². The topological polar surface area (TPSA) is 61.7 Å². The molecule has 0 aliphatic rings. The van der Waals surface area contributed by atoms with Gasteiger partial charge in [0.25, 0.3) is 0 Å². The lowest BCUT2D eigenvalue weighted by Crippen LogP contribution is -2.04. The van der Waals surface area contributed by atoms with Gasteiger partial charge in [-0.15, -0.1) is 0 Å². The Kier molecular flexibility index (Phi) is 8.18. The lowest BCUT2D eigenvalue weighted by atomic mass is 10.0. The summed E-state index contributed by atoms with van der Waals surface area (Å²) in [6, 6.07) is 79.1. The number of hydrogen-bond donors (Lipinski definition) is 0. The monoisotopic (exact) mass is 855 g/mol. The molecule has 0 saturated carbocycles. The molecule has 0 aliphatic heterocycles. The minimum absolute atomic E-state index is 0.514. The van der Waals surface area contributed by atoms with Gasteiger partial charge in [0.1, 0.15) is 11.2 Å². The van der Waals surface area contributed by atoms with Gasteiger partial charge in [-0.25, -0.2) is 15.0 Å².